The van der Waals surface area contributed by atoms with E-state index in [9.17, 15) is 62.7 Å². The van der Waals surface area contributed by atoms with E-state index in [4.69, 9.17) is 0 Å². The lowest BCUT2D eigenvalue weighted by molar-refractivity contribution is -0.659. The second-order valence-corrected chi connectivity index (χ2v) is 13.6. The third kappa shape index (κ3) is 7.31. The third-order valence-corrected chi connectivity index (χ3v) is 10.2. The average molecular weight is 952 g/mol. The molecule has 0 aliphatic heterocycles. The summed E-state index contributed by atoms with van der Waals surface area (Å²) in [4.78, 5) is 12.4. The number of ketones is 1. The van der Waals surface area contributed by atoms with Gasteiger partial charge < -0.3 is 0 Å². The van der Waals surface area contributed by atoms with Crippen LogP contribution in [0.2, 0.25) is 0 Å². The number of para-hydroxylation sites is 1. The van der Waals surface area contributed by atoms with Crippen molar-refractivity contribution in [3.63, 3.8) is 0 Å². The highest BCUT2D eigenvalue weighted by Gasteiger charge is 2.52. The number of aromatic nitrogens is 1. The first-order valence-electron chi connectivity index (χ1n) is 17.6. The fourth-order valence-electron chi connectivity index (χ4n) is 7.26. The lowest BCUT2D eigenvalue weighted by atomic mass is 9.12. The summed E-state index contributed by atoms with van der Waals surface area (Å²) in [7, 11) is 0. The number of hydrogen-bond donors (Lipinski definition) is 0. The van der Waals surface area contributed by atoms with Gasteiger partial charge in [-0.2, -0.15) is 9.83 Å². The molecule has 0 aliphatic rings. The Morgan fingerprint density at radius 1 is 0.394 bits per heavy atom. The molecule has 0 atom stereocenters. The summed E-state index contributed by atoms with van der Waals surface area (Å²) in [5, 5.41) is 10.3. The van der Waals surface area contributed by atoms with Crippen molar-refractivity contribution < 1.29 is 97.2 Å². The molecule has 3 nitrogen and oxygen atoms in total. The second-order valence-electron chi connectivity index (χ2n) is 13.6. The summed E-state index contributed by atoms with van der Waals surface area (Å²) < 4.78 is 296. The van der Waals surface area contributed by atoms with Crippen LogP contribution in [0.4, 0.5) is 87.8 Å². The number of rotatable bonds is 7. The van der Waals surface area contributed by atoms with Crippen LogP contribution in [0.25, 0.3) is 10.9 Å². The normalized spacial score (nSPS) is 11.4. The Labute approximate surface area is 353 Å². The van der Waals surface area contributed by atoms with E-state index in [2.05, 4.69) is 6.07 Å². The van der Waals surface area contributed by atoms with Gasteiger partial charge in [0.1, 0.15) is 52.7 Å². The van der Waals surface area contributed by atoms with Crippen LogP contribution in [0.5, 0.6) is 0 Å². The van der Waals surface area contributed by atoms with Crippen LogP contribution in [-0.2, 0) is 6.54 Å². The molecular weight excluding hydrogens is 939 g/mol. The summed E-state index contributed by atoms with van der Waals surface area (Å²) >= 11 is 0. The van der Waals surface area contributed by atoms with E-state index in [0.717, 1.165) is 10.9 Å². The molecule has 0 aliphatic carbocycles. The Morgan fingerprint density at radius 3 is 1.00 bits per heavy atom. The number of hydrogen-bond acceptors (Lipinski definition) is 2. The molecule has 0 amide bonds. The van der Waals surface area contributed by atoms with Crippen LogP contribution in [0, 0.1) is 128 Å². The van der Waals surface area contributed by atoms with Crippen molar-refractivity contribution in [3.8, 4) is 6.07 Å². The van der Waals surface area contributed by atoms with E-state index >= 15 is 35.1 Å². The van der Waals surface area contributed by atoms with E-state index < -0.39 is 144 Å². The van der Waals surface area contributed by atoms with Gasteiger partial charge in [-0.15, -0.1) is 21.9 Å². The molecule has 7 aromatic rings. The number of benzene rings is 6. The van der Waals surface area contributed by atoms with Crippen molar-refractivity contribution in [1.82, 2.24) is 0 Å². The quantitative estimate of drug-likeness (QED) is 0.0401. The van der Waals surface area contributed by atoms with Crippen LogP contribution >= 0.6 is 0 Å². The molecule has 0 radical (unpaired) electrons. The number of fused-ring (bicyclic) bond motifs is 1. The topological polar surface area (TPSA) is 44.7 Å². The molecule has 340 valence electrons. The average Bonchev–Trinajstić information content (AvgIpc) is 3.31. The summed E-state index contributed by atoms with van der Waals surface area (Å²) in [5.74, 6) is -71.4. The molecule has 66 heavy (non-hydrogen) atoms. The first-order chi connectivity index (χ1) is 31.0. The number of Topliss-reactive ketones (excluding diaryl/α,β-unsaturated/α-hetero) is 1. The van der Waals surface area contributed by atoms with Crippen molar-refractivity contribution >= 4 is 44.7 Å². The molecule has 7 rings (SSSR count). The smallest absolute Gasteiger partial charge is 0.284 e. The lowest BCUT2D eigenvalue weighted by Gasteiger charge is -2.44. The molecule has 1 heterocycles. The van der Waals surface area contributed by atoms with Gasteiger partial charge in [-0.3, -0.25) is 4.79 Å². The fourth-order valence-corrected chi connectivity index (χ4v) is 7.26. The molecule has 0 saturated heterocycles. The molecule has 0 saturated carbocycles. The maximum atomic E-state index is 15.4. The zero-order valence-corrected chi connectivity index (χ0v) is 31.5. The fraction of sp³-hybridized carbons (Fsp3) is 0.0238. The Kier molecular flexibility index (Phi) is 13.0. The Morgan fingerprint density at radius 2 is 0.682 bits per heavy atom. The van der Waals surface area contributed by atoms with Gasteiger partial charge in [-0.25, -0.2) is 87.8 Å². The summed E-state index contributed by atoms with van der Waals surface area (Å²) in [6.45, 7) is 0.161. The monoisotopic (exact) mass is 952 g/mol. The molecule has 0 unspecified atom stereocenters. The Bertz CT molecular complexity index is 2830. The van der Waals surface area contributed by atoms with E-state index in [-0.39, 0.29) is 12.3 Å². The zero-order valence-electron chi connectivity index (χ0n) is 31.5. The van der Waals surface area contributed by atoms with Gasteiger partial charge in [0.15, 0.2) is 75.9 Å². The first kappa shape index (κ1) is 48.0. The SMILES string of the molecule is Fc1c(F)c(F)c([B-](c2c(F)c(F)c(F)c(F)c2F)(c2c(F)c(F)c(F)c(F)c2F)c2c(F)c(F)c(F)c(F)c2F)c(F)c1F.N#Cc1ccc2ccccc2[n+]1CC(=O)c1ccccc1. The maximum absolute atomic E-state index is 15.4. The number of nitriles is 1. The van der Waals surface area contributed by atoms with Crippen molar-refractivity contribution in [2.24, 2.45) is 0 Å². The Balaban J connectivity index is 0.000000284. The van der Waals surface area contributed by atoms with E-state index in [0.29, 0.717) is 11.3 Å². The standard InChI is InChI=1S/C24BF20.C18H13N2O/c26-5-1(6(27)14(35)21(42)13(5)34)25(2-7(28)15(36)22(43)16(37)8(2)29,3-9(30)17(38)23(44)18(39)10(3)31)4-11(32)19(40)24(45)20(41)12(4)33;19-12-16-11-10-14-6-4-5-9-17(14)20(16)13-18(21)15-7-2-1-3-8-15/h;1-11H,13H2/q-1;+1. The highest BCUT2D eigenvalue weighted by Crippen LogP contribution is 2.31. The number of carbonyl (C=O) groups is 1. The minimum atomic E-state index is -7.22. The highest BCUT2D eigenvalue weighted by molar-refractivity contribution is 7.20. The van der Waals surface area contributed by atoms with Gasteiger partial charge in [0, 0.05) is 23.1 Å². The lowest BCUT2D eigenvalue weighted by Crippen LogP contribution is -2.81. The Hall–Kier alpha value is -7.45. The van der Waals surface area contributed by atoms with E-state index in [1.807, 2.05) is 48.5 Å². The molecule has 0 N–H and O–H groups in total. The third-order valence-electron chi connectivity index (χ3n) is 10.2. The zero-order chi connectivity index (χ0) is 49.0. The number of nitrogens with zero attached hydrogens (tertiary/aromatic N) is 2. The van der Waals surface area contributed by atoms with Crippen LogP contribution < -0.4 is 26.4 Å². The maximum Gasteiger partial charge on any atom is 0.284 e. The van der Waals surface area contributed by atoms with Crippen molar-refractivity contribution in [2.75, 3.05) is 0 Å². The van der Waals surface area contributed by atoms with Gasteiger partial charge in [-0.05, 0) is 12.1 Å². The van der Waals surface area contributed by atoms with Gasteiger partial charge in [0.05, 0.1) is 0 Å². The largest absolute Gasteiger partial charge is 0.287 e. The predicted molar refractivity (Wildman–Crippen MR) is 189 cm³/mol. The minimum Gasteiger partial charge on any atom is -0.287 e. The molecule has 0 fully saturated rings. The van der Waals surface area contributed by atoms with Crippen molar-refractivity contribution in [1.29, 1.82) is 5.26 Å². The summed E-state index contributed by atoms with van der Waals surface area (Å²) in [5.41, 5.74) is -12.3. The first-order valence-corrected chi connectivity index (χ1v) is 17.6. The number of pyridine rings is 1. The highest BCUT2D eigenvalue weighted by atomic mass is 19.2. The van der Waals surface area contributed by atoms with Crippen LogP contribution in [0.15, 0.2) is 66.7 Å². The van der Waals surface area contributed by atoms with Crippen LogP contribution in [0.1, 0.15) is 16.1 Å². The van der Waals surface area contributed by atoms with E-state index in [1.54, 1.807) is 22.8 Å². The molecule has 6 aromatic carbocycles. The van der Waals surface area contributed by atoms with Gasteiger partial charge in [0.25, 0.3) is 5.69 Å². The van der Waals surface area contributed by atoms with Crippen LogP contribution in [0.3, 0.4) is 0 Å². The minimum absolute atomic E-state index is 0.00606. The predicted octanol–water partition coefficient (Wildman–Crippen LogP) is 8.73. The van der Waals surface area contributed by atoms with Gasteiger partial charge in [0.2, 0.25) is 17.8 Å². The molecule has 0 spiro atoms. The van der Waals surface area contributed by atoms with Crippen molar-refractivity contribution in [3.05, 3.63) is 194 Å². The summed E-state index contributed by atoms with van der Waals surface area (Å²) in [6.07, 6.45) is -7.22. The molecule has 24 heteroatoms. The summed E-state index contributed by atoms with van der Waals surface area (Å²) in [6, 6.07) is 22.7. The van der Waals surface area contributed by atoms with Gasteiger partial charge in [-0.1, -0.05) is 42.5 Å². The molecule has 1 aromatic heterocycles. The van der Waals surface area contributed by atoms with E-state index in [1.165, 1.54) is 0 Å². The molecular formula is C42H13BF20N2O. The number of halogens is 20. The number of carbonyl (C=O) groups excluding carboxylic acids is 1. The van der Waals surface area contributed by atoms with Crippen molar-refractivity contribution in [2.45, 2.75) is 6.54 Å². The molecule has 0 bridgehead atoms. The van der Waals surface area contributed by atoms with Crippen LogP contribution in [-0.4, -0.2) is 11.9 Å². The van der Waals surface area contributed by atoms with Gasteiger partial charge >= 0.3 is 0 Å². The second kappa shape index (κ2) is 17.8.